The van der Waals surface area contributed by atoms with E-state index < -0.39 is 10.0 Å². The lowest BCUT2D eigenvalue weighted by Crippen LogP contribution is -2.32. The predicted octanol–water partition coefficient (Wildman–Crippen LogP) is 3.81. The number of nitrogens with one attached hydrogen (secondary N) is 1. The first-order chi connectivity index (χ1) is 16.2. The molecule has 1 heterocycles. The van der Waals surface area contributed by atoms with Crippen LogP contribution in [0.25, 0.3) is 5.69 Å². The lowest BCUT2D eigenvalue weighted by atomic mass is 10.0. The van der Waals surface area contributed by atoms with Gasteiger partial charge in [-0.25, -0.2) is 18.2 Å². The highest BCUT2D eigenvalue weighted by Crippen LogP contribution is 2.35. The number of para-hydroxylation sites is 1. The van der Waals surface area contributed by atoms with E-state index in [0.29, 0.717) is 11.7 Å². The van der Waals surface area contributed by atoms with Crippen molar-refractivity contribution in [3.63, 3.8) is 0 Å². The Hall–Kier alpha value is -3.01. The largest absolute Gasteiger partial charge is 0.309 e. The number of benzene rings is 2. The Labute approximate surface area is 200 Å². The third-order valence-electron chi connectivity index (χ3n) is 6.49. The van der Waals surface area contributed by atoms with Crippen molar-refractivity contribution < 1.29 is 13.2 Å². The highest BCUT2D eigenvalue weighted by atomic mass is 32.2. The molecule has 0 spiro atoms. The van der Waals surface area contributed by atoms with E-state index in [0.717, 1.165) is 29.8 Å². The fourth-order valence-corrected chi connectivity index (χ4v) is 5.00. The van der Waals surface area contributed by atoms with Crippen LogP contribution in [-0.4, -0.2) is 42.6 Å². The number of nitrogens with two attached hydrogens (primary N) is 1. The zero-order valence-electron chi connectivity index (χ0n) is 19.5. The minimum atomic E-state index is -3.79. The van der Waals surface area contributed by atoms with E-state index in [1.165, 1.54) is 18.9 Å². The van der Waals surface area contributed by atoms with Crippen LogP contribution in [-0.2, 0) is 14.8 Å². The number of hydrogen-bond donors (Lipinski definition) is 2. The summed E-state index contributed by atoms with van der Waals surface area (Å²) in [5, 5.41) is 13.1. The van der Waals surface area contributed by atoms with Crippen LogP contribution in [0.4, 0.5) is 5.82 Å². The summed E-state index contributed by atoms with van der Waals surface area (Å²) in [6.07, 6.45) is 4.66. The van der Waals surface area contributed by atoms with Gasteiger partial charge in [-0.15, -0.1) is 0 Å². The average Bonchev–Trinajstić information content (AvgIpc) is 3.49. The number of rotatable bonds is 8. The van der Waals surface area contributed by atoms with E-state index in [9.17, 15) is 13.2 Å². The van der Waals surface area contributed by atoms with Crippen LogP contribution in [0.3, 0.4) is 0 Å². The summed E-state index contributed by atoms with van der Waals surface area (Å²) in [5.41, 5.74) is 2.67. The van der Waals surface area contributed by atoms with Crippen molar-refractivity contribution in [2.75, 3.05) is 18.9 Å². The lowest BCUT2D eigenvalue weighted by Gasteiger charge is -2.24. The first kappa shape index (κ1) is 24.1. The van der Waals surface area contributed by atoms with Gasteiger partial charge >= 0.3 is 0 Å². The van der Waals surface area contributed by atoms with Gasteiger partial charge in [0.15, 0.2) is 0 Å². The molecule has 0 unspecified atom stereocenters. The molecule has 0 aliphatic heterocycles. The molecule has 1 saturated carbocycles. The van der Waals surface area contributed by atoms with Gasteiger partial charge in [0.05, 0.1) is 22.8 Å². The molecule has 1 atom stereocenters. The normalized spacial score (nSPS) is 15.5. The Morgan fingerprint density at radius 2 is 1.85 bits per heavy atom. The molecule has 2 aromatic carbocycles. The average molecular weight is 482 g/mol. The maximum Gasteiger partial charge on any atom is 0.239 e. The summed E-state index contributed by atoms with van der Waals surface area (Å²) in [4.78, 5) is 14.9. The summed E-state index contributed by atoms with van der Waals surface area (Å²) in [7, 11) is -1.97. The molecule has 180 valence electrons. The molecule has 1 aliphatic rings. The molecule has 1 fully saturated rings. The molecule has 0 bridgehead atoms. The van der Waals surface area contributed by atoms with Crippen molar-refractivity contribution in [1.82, 2.24) is 14.7 Å². The number of sulfonamides is 1. The highest BCUT2D eigenvalue weighted by molar-refractivity contribution is 7.89. The van der Waals surface area contributed by atoms with Crippen LogP contribution < -0.4 is 10.5 Å². The van der Waals surface area contributed by atoms with E-state index in [1.54, 1.807) is 16.8 Å². The zero-order valence-corrected chi connectivity index (χ0v) is 20.3. The number of primary sulfonamides is 1. The molecule has 8 nitrogen and oxygen atoms in total. The SMILES string of the molecule is C[C@H](c1cccc(S(N)(=O)=O)c1)N(C)CC(=O)Nc1cc(C2CCCC2)nn1-c1ccccc1. The van der Waals surface area contributed by atoms with Gasteiger partial charge in [-0.3, -0.25) is 9.69 Å². The van der Waals surface area contributed by atoms with Crippen LogP contribution >= 0.6 is 0 Å². The molecular weight excluding hydrogens is 450 g/mol. The number of amides is 1. The van der Waals surface area contributed by atoms with Crippen molar-refractivity contribution in [3.8, 4) is 5.69 Å². The molecule has 1 amide bonds. The van der Waals surface area contributed by atoms with Crippen molar-refractivity contribution in [3.05, 3.63) is 71.9 Å². The number of carbonyl (C=O) groups excluding carboxylic acids is 1. The first-order valence-electron chi connectivity index (χ1n) is 11.5. The maximum absolute atomic E-state index is 13.0. The maximum atomic E-state index is 13.0. The Morgan fingerprint density at radius 1 is 1.15 bits per heavy atom. The van der Waals surface area contributed by atoms with Gasteiger partial charge in [-0.05, 0) is 56.6 Å². The van der Waals surface area contributed by atoms with Gasteiger partial charge < -0.3 is 5.32 Å². The zero-order chi connectivity index (χ0) is 24.3. The summed E-state index contributed by atoms with van der Waals surface area (Å²) < 4.78 is 25.2. The monoisotopic (exact) mass is 481 g/mol. The minimum absolute atomic E-state index is 0.0564. The number of hydrogen-bond acceptors (Lipinski definition) is 5. The Bertz CT molecular complexity index is 1250. The Kier molecular flexibility index (Phi) is 7.16. The molecule has 0 radical (unpaired) electrons. The number of anilines is 1. The summed E-state index contributed by atoms with van der Waals surface area (Å²) in [6.45, 7) is 2.04. The van der Waals surface area contributed by atoms with E-state index in [2.05, 4.69) is 5.32 Å². The molecule has 3 N–H and O–H groups in total. The Balaban J connectivity index is 1.50. The smallest absolute Gasteiger partial charge is 0.239 e. The van der Waals surface area contributed by atoms with Gasteiger partial charge in [0, 0.05) is 18.0 Å². The third-order valence-corrected chi connectivity index (χ3v) is 7.40. The van der Waals surface area contributed by atoms with Crippen LogP contribution in [0.2, 0.25) is 0 Å². The van der Waals surface area contributed by atoms with Gasteiger partial charge in [0.2, 0.25) is 15.9 Å². The summed E-state index contributed by atoms with van der Waals surface area (Å²) in [6, 6.07) is 18.1. The van der Waals surface area contributed by atoms with Crippen molar-refractivity contribution in [2.45, 2.75) is 49.5 Å². The van der Waals surface area contributed by atoms with Gasteiger partial charge in [0.25, 0.3) is 0 Å². The fraction of sp³-hybridized carbons (Fsp3) is 0.360. The van der Waals surface area contributed by atoms with Crippen LogP contribution in [0.5, 0.6) is 0 Å². The topological polar surface area (TPSA) is 110 Å². The van der Waals surface area contributed by atoms with Gasteiger partial charge in [-0.1, -0.05) is 43.2 Å². The molecule has 34 heavy (non-hydrogen) atoms. The number of carbonyl (C=O) groups is 1. The second kappa shape index (κ2) is 10.1. The van der Waals surface area contributed by atoms with Gasteiger partial charge in [-0.2, -0.15) is 5.10 Å². The van der Waals surface area contributed by atoms with Crippen LogP contribution in [0.1, 0.15) is 55.8 Å². The predicted molar refractivity (Wildman–Crippen MR) is 132 cm³/mol. The van der Waals surface area contributed by atoms with Crippen molar-refractivity contribution in [1.29, 1.82) is 0 Å². The standard InChI is InChI=1S/C25H31N5O3S/c1-18(20-11-8-14-22(15-20)34(26,32)33)29(2)17-25(31)27-24-16-23(19-9-6-7-10-19)28-30(24)21-12-4-3-5-13-21/h3-5,8,11-16,18-19H,6-7,9-10,17H2,1-2H3,(H,27,31)(H2,26,32,33)/t18-/m1/s1. The summed E-state index contributed by atoms with van der Waals surface area (Å²) >= 11 is 0. The minimum Gasteiger partial charge on any atom is -0.309 e. The van der Waals surface area contributed by atoms with E-state index in [4.69, 9.17) is 10.2 Å². The van der Waals surface area contributed by atoms with E-state index >= 15 is 0 Å². The highest BCUT2D eigenvalue weighted by Gasteiger charge is 2.23. The number of aromatic nitrogens is 2. The van der Waals surface area contributed by atoms with Crippen molar-refractivity contribution >= 4 is 21.7 Å². The molecule has 9 heteroatoms. The lowest BCUT2D eigenvalue weighted by molar-refractivity contribution is -0.117. The second-order valence-corrected chi connectivity index (χ2v) is 10.5. The third kappa shape index (κ3) is 5.55. The molecule has 0 saturated heterocycles. The second-order valence-electron chi connectivity index (χ2n) is 8.94. The number of likely N-dealkylation sites (N-methyl/N-ethyl adjacent to an activating group) is 1. The summed E-state index contributed by atoms with van der Waals surface area (Å²) in [5.74, 6) is 0.900. The van der Waals surface area contributed by atoms with Crippen LogP contribution in [0, 0.1) is 0 Å². The van der Waals surface area contributed by atoms with Crippen molar-refractivity contribution in [2.24, 2.45) is 5.14 Å². The molecule has 1 aromatic heterocycles. The molecule has 3 aromatic rings. The van der Waals surface area contributed by atoms with E-state index in [1.807, 2.05) is 61.3 Å². The fourth-order valence-electron chi connectivity index (χ4n) is 4.43. The first-order valence-corrected chi connectivity index (χ1v) is 13.1. The Morgan fingerprint density at radius 3 is 2.53 bits per heavy atom. The van der Waals surface area contributed by atoms with Crippen LogP contribution in [0.15, 0.2) is 65.6 Å². The quantitative estimate of drug-likeness (QED) is 0.508. The number of nitrogens with zero attached hydrogens (tertiary/aromatic N) is 3. The molecule has 1 aliphatic carbocycles. The molecule has 4 rings (SSSR count). The molecular formula is C25H31N5O3S. The van der Waals surface area contributed by atoms with Gasteiger partial charge in [0.1, 0.15) is 5.82 Å². The van der Waals surface area contributed by atoms with E-state index in [-0.39, 0.29) is 23.4 Å².